The van der Waals surface area contributed by atoms with Crippen molar-refractivity contribution in [1.82, 2.24) is 20.1 Å². The molecular weight excluding hydrogens is 258 g/mol. The Labute approximate surface area is 119 Å². The Kier molecular flexibility index (Phi) is 6.32. The molecule has 1 rings (SSSR count). The average Bonchev–Trinajstić information content (AvgIpc) is 2.78. The van der Waals surface area contributed by atoms with Gasteiger partial charge in [-0.1, -0.05) is 18.7 Å². The summed E-state index contributed by atoms with van der Waals surface area (Å²) in [5, 5.41) is 17.8. The molecule has 0 aliphatic heterocycles. The van der Waals surface area contributed by atoms with Gasteiger partial charge >= 0.3 is 0 Å². The van der Waals surface area contributed by atoms with Crippen LogP contribution in [-0.4, -0.2) is 32.1 Å². The minimum atomic E-state index is -0.394. The van der Waals surface area contributed by atoms with Gasteiger partial charge in [-0.15, -0.1) is 0 Å². The predicted molar refractivity (Wildman–Crippen MR) is 77.9 cm³/mol. The van der Waals surface area contributed by atoms with Gasteiger partial charge in [-0.2, -0.15) is 10.4 Å². The van der Waals surface area contributed by atoms with Crippen LogP contribution in [0.25, 0.3) is 0 Å². The minimum absolute atomic E-state index is 0.325. The first kappa shape index (κ1) is 16.0. The zero-order chi connectivity index (χ0) is 14.3. The van der Waals surface area contributed by atoms with Gasteiger partial charge in [-0.25, -0.2) is 9.67 Å². The molecule has 1 atom stereocenters. The quantitative estimate of drug-likeness (QED) is 0.585. The van der Waals surface area contributed by atoms with E-state index in [0.717, 1.165) is 30.2 Å². The highest BCUT2D eigenvalue weighted by Gasteiger charge is 2.27. The normalized spacial score (nSPS) is 14.3. The third-order valence-electron chi connectivity index (χ3n) is 3.03. The number of nitrogens with zero attached hydrogens (tertiary/aromatic N) is 4. The number of aromatic nitrogens is 3. The van der Waals surface area contributed by atoms with E-state index in [2.05, 4.69) is 42.2 Å². The van der Waals surface area contributed by atoms with E-state index < -0.39 is 5.54 Å². The van der Waals surface area contributed by atoms with Crippen LogP contribution in [-0.2, 0) is 7.05 Å². The van der Waals surface area contributed by atoms with Crippen molar-refractivity contribution in [3.8, 4) is 6.07 Å². The van der Waals surface area contributed by atoms with Crippen molar-refractivity contribution < 1.29 is 0 Å². The van der Waals surface area contributed by atoms with Crippen LogP contribution in [0.4, 0.5) is 0 Å². The van der Waals surface area contributed by atoms with Gasteiger partial charge in [0.1, 0.15) is 11.9 Å². The van der Waals surface area contributed by atoms with Crippen LogP contribution >= 0.6 is 11.8 Å². The van der Waals surface area contributed by atoms with Crippen LogP contribution in [0.5, 0.6) is 0 Å². The maximum Gasteiger partial charge on any atom is 0.185 e. The first-order valence-corrected chi connectivity index (χ1v) is 7.67. The highest BCUT2D eigenvalue weighted by molar-refractivity contribution is 7.99. The Bertz CT molecular complexity index is 423. The average molecular weight is 281 g/mol. The topological polar surface area (TPSA) is 66.5 Å². The number of rotatable bonds is 8. The molecule has 19 heavy (non-hydrogen) atoms. The Morgan fingerprint density at radius 1 is 1.58 bits per heavy atom. The lowest BCUT2D eigenvalue weighted by atomic mass is 9.91. The summed E-state index contributed by atoms with van der Waals surface area (Å²) >= 11 is 1.69. The zero-order valence-corrected chi connectivity index (χ0v) is 13.0. The van der Waals surface area contributed by atoms with Gasteiger partial charge in [0.25, 0.3) is 0 Å². The van der Waals surface area contributed by atoms with Gasteiger partial charge in [0.2, 0.25) is 0 Å². The Morgan fingerprint density at radius 2 is 2.32 bits per heavy atom. The summed E-state index contributed by atoms with van der Waals surface area (Å²) in [6.45, 7) is 6.22. The van der Waals surface area contributed by atoms with Gasteiger partial charge in [0.15, 0.2) is 5.16 Å². The molecule has 6 heteroatoms. The van der Waals surface area contributed by atoms with Crippen molar-refractivity contribution in [2.75, 3.05) is 5.75 Å². The molecule has 1 aromatic rings. The first-order chi connectivity index (χ1) is 9.03. The molecule has 0 aliphatic carbocycles. The lowest BCUT2D eigenvalue weighted by molar-refractivity contribution is 0.341. The largest absolute Gasteiger partial charge is 0.297 e. The van der Waals surface area contributed by atoms with E-state index in [-0.39, 0.29) is 0 Å². The third kappa shape index (κ3) is 4.84. The first-order valence-electron chi connectivity index (χ1n) is 6.68. The van der Waals surface area contributed by atoms with E-state index in [4.69, 9.17) is 0 Å². The van der Waals surface area contributed by atoms with Gasteiger partial charge in [-0.3, -0.25) is 5.32 Å². The summed E-state index contributed by atoms with van der Waals surface area (Å²) in [7, 11) is 1.89. The molecule has 0 saturated carbocycles. The van der Waals surface area contributed by atoms with Crippen molar-refractivity contribution in [1.29, 1.82) is 5.26 Å². The lowest BCUT2D eigenvalue weighted by Gasteiger charge is -2.29. The number of nitriles is 1. The fraction of sp³-hybridized carbons (Fsp3) is 0.769. The maximum absolute atomic E-state index is 9.41. The van der Waals surface area contributed by atoms with Crippen molar-refractivity contribution in [2.45, 2.75) is 56.8 Å². The number of thioether (sulfide) groups is 1. The van der Waals surface area contributed by atoms with Crippen molar-refractivity contribution in [2.24, 2.45) is 7.05 Å². The van der Waals surface area contributed by atoms with Crippen molar-refractivity contribution >= 4 is 11.8 Å². The van der Waals surface area contributed by atoms with Crippen molar-refractivity contribution in [3.63, 3.8) is 0 Å². The molecule has 106 valence electrons. The summed E-state index contributed by atoms with van der Waals surface area (Å²) in [5.74, 6) is 0.954. The van der Waals surface area contributed by atoms with Gasteiger partial charge in [-0.05, 0) is 33.1 Å². The van der Waals surface area contributed by atoms with E-state index in [1.165, 1.54) is 0 Å². The van der Waals surface area contributed by atoms with Gasteiger partial charge in [0, 0.05) is 18.8 Å². The molecule has 0 radical (unpaired) electrons. The molecule has 0 amide bonds. The molecule has 0 aromatic carbocycles. The van der Waals surface area contributed by atoms with Gasteiger partial charge < -0.3 is 0 Å². The summed E-state index contributed by atoms with van der Waals surface area (Å²) in [6, 6.07) is 2.77. The number of hydrogen-bond acceptors (Lipinski definition) is 5. The molecule has 0 aliphatic rings. The molecule has 1 aromatic heterocycles. The van der Waals surface area contributed by atoms with Crippen LogP contribution in [0.1, 0.15) is 40.0 Å². The fourth-order valence-corrected chi connectivity index (χ4v) is 2.85. The predicted octanol–water partition coefficient (Wildman–Crippen LogP) is 2.36. The second-order valence-corrected chi connectivity index (χ2v) is 6.03. The third-order valence-corrected chi connectivity index (χ3v) is 4.15. The van der Waals surface area contributed by atoms with E-state index >= 15 is 0 Å². The molecule has 0 spiro atoms. The number of hydrogen-bond donors (Lipinski definition) is 1. The van der Waals surface area contributed by atoms with E-state index in [0.29, 0.717) is 6.04 Å². The van der Waals surface area contributed by atoms with Crippen LogP contribution in [0, 0.1) is 11.3 Å². The molecular formula is C13H23N5S. The summed E-state index contributed by atoms with van der Waals surface area (Å²) in [5.41, 5.74) is -0.394. The molecule has 0 saturated heterocycles. The smallest absolute Gasteiger partial charge is 0.185 e. The molecule has 0 bridgehead atoms. The van der Waals surface area contributed by atoms with Crippen LogP contribution < -0.4 is 5.32 Å². The maximum atomic E-state index is 9.41. The minimum Gasteiger partial charge on any atom is -0.297 e. The van der Waals surface area contributed by atoms with E-state index in [1.54, 1.807) is 22.8 Å². The van der Waals surface area contributed by atoms with Gasteiger partial charge in [0.05, 0.1) is 6.07 Å². The summed E-state index contributed by atoms with van der Waals surface area (Å²) < 4.78 is 1.77. The molecule has 1 unspecified atom stereocenters. The van der Waals surface area contributed by atoms with E-state index in [9.17, 15) is 5.26 Å². The molecule has 1 heterocycles. The monoisotopic (exact) mass is 281 g/mol. The number of aryl methyl sites for hydroxylation is 1. The highest BCUT2D eigenvalue weighted by Crippen LogP contribution is 2.21. The number of nitrogens with one attached hydrogen (secondary N) is 1. The fourth-order valence-electron chi connectivity index (χ4n) is 2.02. The van der Waals surface area contributed by atoms with Crippen molar-refractivity contribution in [3.05, 3.63) is 6.33 Å². The molecule has 1 N–H and O–H groups in total. The summed E-state index contributed by atoms with van der Waals surface area (Å²) in [4.78, 5) is 4.17. The van der Waals surface area contributed by atoms with Crippen LogP contribution in [0.2, 0.25) is 0 Å². The SMILES string of the molecule is CCC(C#N)(CCCSc1ncnn1C)NC(C)C. The van der Waals surface area contributed by atoms with Crippen LogP contribution in [0.3, 0.4) is 0 Å². The Balaban J connectivity index is 2.41. The second-order valence-electron chi connectivity index (χ2n) is 4.96. The molecule has 0 fully saturated rings. The standard InChI is InChI=1S/C13H23N5S/c1-5-13(9-14,17-11(2)3)7-6-8-19-12-15-10-16-18(12)4/h10-11,17H,5-8H2,1-4H3. The summed E-state index contributed by atoms with van der Waals surface area (Å²) in [6.07, 6.45) is 4.24. The van der Waals surface area contributed by atoms with E-state index in [1.807, 2.05) is 7.05 Å². The Morgan fingerprint density at radius 3 is 2.79 bits per heavy atom. The second kappa shape index (κ2) is 7.51. The molecule has 5 nitrogen and oxygen atoms in total. The Hall–Kier alpha value is -1.06. The lowest BCUT2D eigenvalue weighted by Crippen LogP contribution is -2.47. The zero-order valence-electron chi connectivity index (χ0n) is 12.2. The van der Waals surface area contributed by atoms with Crippen LogP contribution in [0.15, 0.2) is 11.5 Å². The highest BCUT2D eigenvalue weighted by atomic mass is 32.2.